The van der Waals surface area contributed by atoms with Gasteiger partial charge >= 0.3 is 17.9 Å². The van der Waals surface area contributed by atoms with Gasteiger partial charge in [-0.05, 0) is 19.3 Å². The first kappa shape index (κ1) is 49.0. The standard InChI is InChI=1S/C10H22O7.3C7H14O2/c11-1-9(2-12,3-13)7-17-8-10(4-14,5-15)6-16;3*1-2-3-4-5-6-7(8)9/h11-16H,1-8H2;3*2-6H2,1H3,(H,8,9). The van der Waals surface area contributed by atoms with Crippen LogP contribution in [0.3, 0.4) is 0 Å². The van der Waals surface area contributed by atoms with Gasteiger partial charge in [0.2, 0.25) is 0 Å². The molecule has 0 rings (SSSR count). The molecule has 0 saturated heterocycles. The quantitative estimate of drug-likeness (QED) is 0.0650. The van der Waals surface area contributed by atoms with Crippen LogP contribution >= 0.6 is 0 Å². The van der Waals surface area contributed by atoms with Crippen molar-refractivity contribution in [2.45, 2.75) is 117 Å². The monoisotopic (exact) mass is 644 g/mol. The van der Waals surface area contributed by atoms with Gasteiger partial charge in [0.25, 0.3) is 0 Å². The Morgan fingerprint density at radius 3 is 0.818 bits per heavy atom. The number of carboxylic acids is 3. The topological polar surface area (TPSA) is 243 Å². The molecule has 0 heterocycles. The molecule has 0 spiro atoms. The van der Waals surface area contributed by atoms with E-state index >= 15 is 0 Å². The summed E-state index contributed by atoms with van der Waals surface area (Å²) in [5.41, 5.74) is -2.32. The van der Waals surface area contributed by atoms with Gasteiger partial charge in [-0.2, -0.15) is 0 Å². The fourth-order valence-electron chi connectivity index (χ4n) is 3.17. The van der Waals surface area contributed by atoms with E-state index in [0.717, 1.165) is 57.8 Å². The maximum atomic E-state index is 9.96. The van der Waals surface area contributed by atoms with Crippen LogP contribution in [0.1, 0.15) is 117 Å². The maximum Gasteiger partial charge on any atom is 0.303 e. The molecule has 0 aliphatic rings. The molecular formula is C31H64O13. The number of ether oxygens (including phenoxy) is 1. The lowest BCUT2D eigenvalue weighted by atomic mass is 9.91. The molecule has 0 aliphatic heterocycles. The van der Waals surface area contributed by atoms with Crippen LogP contribution in [0.15, 0.2) is 0 Å². The summed E-state index contributed by atoms with van der Waals surface area (Å²) in [6.07, 6.45) is 13.7. The maximum absolute atomic E-state index is 9.96. The van der Waals surface area contributed by atoms with E-state index in [2.05, 4.69) is 20.8 Å². The molecule has 13 heteroatoms. The summed E-state index contributed by atoms with van der Waals surface area (Å²) in [7, 11) is 0. The predicted molar refractivity (Wildman–Crippen MR) is 167 cm³/mol. The molecular weight excluding hydrogens is 580 g/mol. The molecule has 0 radical (unpaired) electrons. The van der Waals surface area contributed by atoms with Crippen LogP contribution in [0.5, 0.6) is 0 Å². The highest BCUT2D eigenvalue weighted by Gasteiger charge is 2.32. The third kappa shape index (κ3) is 34.6. The van der Waals surface area contributed by atoms with Crippen LogP contribution in [0.25, 0.3) is 0 Å². The van der Waals surface area contributed by atoms with Crippen LogP contribution in [-0.4, -0.2) is 117 Å². The van der Waals surface area contributed by atoms with E-state index in [1.165, 1.54) is 19.3 Å². The third-order valence-corrected chi connectivity index (χ3v) is 6.56. The average Bonchev–Trinajstić information content (AvgIpc) is 3.01. The molecule has 0 atom stereocenters. The average molecular weight is 645 g/mol. The highest BCUT2D eigenvalue weighted by molar-refractivity contribution is 5.67. The zero-order chi connectivity index (χ0) is 34.7. The SMILES string of the molecule is CCCCCCC(=O)O.CCCCCCC(=O)O.CCCCCCC(=O)O.OCC(CO)(CO)COCC(CO)(CO)CO. The molecule has 0 aliphatic carbocycles. The molecule has 0 unspecified atom stereocenters. The zero-order valence-corrected chi connectivity index (χ0v) is 27.4. The lowest BCUT2D eigenvalue weighted by Crippen LogP contribution is -2.43. The number of hydrogen-bond donors (Lipinski definition) is 9. The lowest BCUT2D eigenvalue weighted by molar-refractivity contribution is -0.138. The number of hydrogen-bond acceptors (Lipinski definition) is 10. The normalized spacial score (nSPS) is 10.8. The minimum atomic E-state index is -1.16. The molecule has 266 valence electrons. The van der Waals surface area contributed by atoms with Crippen LogP contribution in [0.2, 0.25) is 0 Å². The molecule has 0 aromatic heterocycles. The first-order chi connectivity index (χ1) is 20.9. The number of carbonyl (C=O) groups is 3. The van der Waals surface area contributed by atoms with Crippen molar-refractivity contribution in [1.29, 1.82) is 0 Å². The van der Waals surface area contributed by atoms with Crippen molar-refractivity contribution in [3.05, 3.63) is 0 Å². The van der Waals surface area contributed by atoms with E-state index in [1.807, 2.05) is 0 Å². The van der Waals surface area contributed by atoms with Crippen LogP contribution in [0.4, 0.5) is 0 Å². The minimum absolute atomic E-state index is 0.141. The van der Waals surface area contributed by atoms with E-state index in [-0.39, 0.29) is 13.2 Å². The first-order valence-corrected chi connectivity index (χ1v) is 15.8. The van der Waals surface area contributed by atoms with Crippen molar-refractivity contribution in [3.8, 4) is 0 Å². The van der Waals surface area contributed by atoms with Gasteiger partial charge in [-0.3, -0.25) is 14.4 Å². The highest BCUT2D eigenvalue weighted by atomic mass is 16.5. The second-order valence-electron chi connectivity index (χ2n) is 11.1. The highest BCUT2D eigenvalue weighted by Crippen LogP contribution is 2.19. The van der Waals surface area contributed by atoms with Gasteiger partial charge in [0, 0.05) is 19.3 Å². The van der Waals surface area contributed by atoms with E-state index in [4.69, 9.17) is 50.7 Å². The Labute approximate surface area is 263 Å². The Morgan fingerprint density at radius 2 is 0.659 bits per heavy atom. The van der Waals surface area contributed by atoms with E-state index < -0.39 is 68.4 Å². The number of aliphatic hydroxyl groups is 6. The second-order valence-corrected chi connectivity index (χ2v) is 11.1. The van der Waals surface area contributed by atoms with Gasteiger partial charge < -0.3 is 50.7 Å². The van der Waals surface area contributed by atoms with E-state index in [0.29, 0.717) is 19.3 Å². The summed E-state index contributed by atoms with van der Waals surface area (Å²) in [4.78, 5) is 29.9. The summed E-state index contributed by atoms with van der Waals surface area (Å²) in [5, 5.41) is 78.8. The predicted octanol–water partition coefficient (Wildman–Crippen LogP) is 3.05. The summed E-state index contributed by atoms with van der Waals surface area (Å²) >= 11 is 0. The van der Waals surface area contributed by atoms with Crippen molar-refractivity contribution < 1.29 is 65.1 Å². The summed E-state index contributed by atoms with van der Waals surface area (Å²) in [6.45, 7) is 3.33. The molecule has 0 bridgehead atoms. The molecule has 9 N–H and O–H groups in total. The fourth-order valence-corrected chi connectivity index (χ4v) is 3.17. The summed E-state index contributed by atoms with van der Waals surface area (Å²) < 4.78 is 5.15. The number of unbranched alkanes of at least 4 members (excludes halogenated alkanes) is 9. The van der Waals surface area contributed by atoms with Gasteiger partial charge in [-0.1, -0.05) is 78.6 Å². The molecule has 44 heavy (non-hydrogen) atoms. The minimum Gasteiger partial charge on any atom is -0.481 e. The van der Waals surface area contributed by atoms with Gasteiger partial charge in [-0.15, -0.1) is 0 Å². The molecule has 0 aromatic carbocycles. The molecule has 0 aromatic rings. The van der Waals surface area contributed by atoms with Gasteiger partial charge in [0.15, 0.2) is 0 Å². The van der Waals surface area contributed by atoms with Gasteiger partial charge in [0.05, 0.1) is 63.7 Å². The number of aliphatic carboxylic acids is 3. The molecule has 0 saturated carbocycles. The first-order valence-electron chi connectivity index (χ1n) is 15.8. The molecule has 0 amide bonds. The van der Waals surface area contributed by atoms with Crippen LogP contribution < -0.4 is 0 Å². The Kier molecular flexibility index (Phi) is 39.7. The summed E-state index contributed by atoms with van der Waals surface area (Å²) in [6, 6.07) is 0. The van der Waals surface area contributed by atoms with Crippen LogP contribution in [-0.2, 0) is 19.1 Å². The number of aliphatic hydroxyl groups excluding tert-OH is 6. The molecule has 0 fully saturated rings. The van der Waals surface area contributed by atoms with Gasteiger partial charge in [-0.25, -0.2) is 0 Å². The van der Waals surface area contributed by atoms with Crippen molar-refractivity contribution in [2.24, 2.45) is 10.8 Å². The lowest BCUT2D eigenvalue weighted by Gasteiger charge is -2.31. The molecule has 13 nitrogen and oxygen atoms in total. The second kappa shape index (κ2) is 35.6. The third-order valence-electron chi connectivity index (χ3n) is 6.56. The number of carboxylic acid groups (broad SMARTS) is 3. The number of rotatable bonds is 25. The van der Waals surface area contributed by atoms with E-state index in [1.54, 1.807) is 0 Å². The Bertz CT molecular complexity index is 547. The van der Waals surface area contributed by atoms with Crippen LogP contribution in [0, 0.1) is 10.8 Å². The van der Waals surface area contributed by atoms with Crippen molar-refractivity contribution in [1.82, 2.24) is 0 Å². The Hall–Kier alpha value is -1.87. The van der Waals surface area contributed by atoms with E-state index in [9.17, 15) is 14.4 Å². The van der Waals surface area contributed by atoms with Gasteiger partial charge in [0.1, 0.15) is 0 Å². The smallest absolute Gasteiger partial charge is 0.303 e. The van der Waals surface area contributed by atoms with Crippen molar-refractivity contribution in [2.75, 3.05) is 52.9 Å². The Morgan fingerprint density at radius 1 is 0.432 bits per heavy atom. The zero-order valence-electron chi connectivity index (χ0n) is 27.4. The largest absolute Gasteiger partial charge is 0.481 e. The summed E-state index contributed by atoms with van der Waals surface area (Å²) in [5.74, 6) is -2.02. The Balaban J connectivity index is -0.000000256. The fraction of sp³-hybridized carbons (Fsp3) is 0.903. The van der Waals surface area contributed by atoms with Crippen molar-refractivity contribution >= 4 is 17.9 Å². The van der Waals surface area contributed by atoms with Crippen molar-refractivity contribution in [3.63, 3.8) is 0 Å².